The first-order valence-electron chi connectivity index (χ1n) is 7.63. The number of carbonyl (C=O) groups excluding carboxylic acids is 1. The number of carbonyl (C=O) groups is 1. The molecule has 1 unspecified atom stereocenters. The SMILES string of the molecule is CC1c2cc(Br)ccc2CCN1C(=O)c1cc2ncc(Br)cn2n1. The Bertz CT molecular complexity index is 953. The van der Waals surface area contributed by atoms with Crippen LogP contribution >= 0.6 is 31.9 Å². The molecular formula is C17H14Br2N4O. The van der Waals surface area contributed by atoms with Crippen LogP contribution in [-0.2, 0) is 6.42 Å². The zero-order valence-electron chi connectivity index (χ0n) is 12.9. The molecule has 0 saturated carbocycles. The predicted molar refractivity (Wildman–Crippen MR) is 98.0 cm³/mol. The minimum atomic E-state index is -0.0604. The number of fused-ring (bicyclic) bond motifs is 2. The van der Waals surface area contributed by atoms with Gasteiger partial charge in [-0.2, -0.15) is 5.10 Å². The Morgan fingerprint density at radius 3 is 2.92 bits per heavy atom. The number of aromatic nitrogens is 3. The molecule has 1 aromatic carbocycles. The summed E-state index contributed by atoms with van der Waals surface area (Å²) in [5, 5.41) is 4.38. The summed E-state index contributed by atoms with van der Waals surface area (Å²) in [4.78, 5) is 19.1. The smallest absolute Gasteiger partial charge is 0.274 e. The van der Waals surface area contributed by atoms with Gasteiger partial charge in [-0.15, -0.1) is 0 Å². The zero-order chi connectivity index (χ0) is 16.8. The van der Waals surface area contributed by atoms with E-state index in [0.717, 1.165) is 15.4 Å². The molecule has 24 heavy (non-hydrogen) atoms. The van der Waals surface area contributed by atoms with Crippen LogP contribution < -0.4 is 0 Å². The van der Waals surface area contributed by atoms with E-state index in [9.17, 15) is 4.79 Å². The fraction of sp³-hybridized carbons (Fsp3) is 0.235. The minimum Gasteiger partial charge on any atom is -0.330 e. The molecule has 5 nitrogen and oxygen atoms in total. The van der Waals surface area contributed by atoms with Crippen LogP contribution in [0.15, 0.2) is 45.6 Å². The van der Waals surface area contributed by atoms with Crippen molar-refractivity contribution in [2.24, 2.45) is 0 Å². The number of nitrogens with zero attached hydrogens (tertiary/aromatic N) is 4. The maximum atomic E-state index is 13.0. The van der Waals surface area contributed by atoms with Crippen molar-refractivity contribution in [1.82, 2.24) is 19.5 Å². The third-order valence-corrected chi connectivity index (χ3v) is 5.31. The molecule has 122 valence electrons. The van der Waals surface area contributed by atoms with E-state index in [1.807, 2.05) is 4.90 Å². The molecule has 0 spiro atoms. The molecule has 3 heterocycles. The van der Waals surface area contributed by atoms with E-state index in [0.29, 0.717) is 17.9 Å². The maximum absolute atomic E-state index is 13.0. The van der Waals surface area contributed by atoms with Crippen molar-refractivity contribution in [3.8, 4) is 0 Å². The molecular weight excluding hydrogens is 436 g/mol. The van der Waals surface area contributed by atoms with Crippen molar-refractivity contribution < 1.29 is 4.79 Å². The van der Waals surface area contributed by atoms with Crippen LogP contribution in [0.3, 0.4) is 0 Å². The summed E-state index contributed by atoms with van der Waals surface area (Å²) in [5.41, 5.74) is 3.57. The third kappa shape index (κ3) is 2.65. The van der Waals surface area contributed by atoms with Crippen molar-refractivity contribution in [2.45, 2.75) is 19.4 Å². The first kappa shape index (κ1) is 15.8. The Labute approximate surface area is 155 Å². The lowest BCUT2D eigenvalue weighted by Crippen LogP contribution is -2.39. The normalized spacial score (nSPS) is 17.1. The van der Waals surface area contributed by atoms with Crippen LogP contribution in [0.4, 0.5) is 0 Å². The van der Waals surface area contributed by atoms with Crippen molar-refractivity contribution in [2.75, 3.05) is 6.54 Å². The van der Waals surface area contributed by atoms with Crippen LogP contribution in [0.1, 0.15) is 34.6 Å². The molecule has 1 aliphatic rings. The lowest BCUT2D eigenvalue weighted by molar-refractivity contribution is 0.0671. The molecule has 0 bridgehead atoms. The van der Waals surface area contributed by atoms with Crippen molar-refractivity contribution in [3.63, 3.8) is 0 Å². The van der Waals surface area contributed by atoms with Gasteiger partial charge < -0.3 is 4.90 Å². The van der Waals surface area contributed by atoms with E-state index in [-0.39, 0.29) is 11.9 Å². The second-order valence-corrected chi connectivity index (χ2v) is 7.70. The predicted octanol–water partition coefficient (Wildman–Crippen LogP) is 4.01. The molecule has 0 N–H and O–H groups in total. The van der Waals surface area contributed by atoms with E-state index >= 15 is 0 Å². The van der Waals surface area contributed by atoms with Gasteiger partial charge in [-0.05, 0) is 52.5 Å². The second-order valence-electron chi connectivity index (χ2n) is 5.87. The Morgan fingerprint density at radius 1 is 1.25 bits per heavy atom. The van der Waals surface area contributed by atoms with Gasteiger partial charge in [-0.1, -0.05) is 22.0 Å². The first-order valence-corrected chi connectivity index (χ1v) is 9.22. The van der Waals surface area contributed by atoms with E-state index in [1.165, 1.54) is 11.1 Å². The number of rotatable bonds is 1. The summed E-state index contributed by atoms with van der Waals surface area (Å²) in [6.07, 6.45) is 4.35. The average molecular weight is 450 g/mol. The number of amides is 1. The minimum absolute atomic E-state index is 0.0169. The Morgan fingerprint density at radius 2 is 2.08 bits per heavy atom. The quantitative estimate of drug-likeness (QED) is 0.563. The molecule has 2 aromatic heterocycles. The van der Waals surface area contributed by atoms with Crippen LogP contribution in [0.25, 0.3) is 5.65 Å². The standard InChI is InChI=1S/C17H14Br2N4O/c1-10-14-6-12(18)3-2-11(14)4-5-22(10)17(24)15-7-16-20-8-13(19)9-23(16)21-15/h2-3,6-10H,4-5H2,1H3. The number of benzene rings is 1. The topological polar surface area (TPSA) is 50.5 Å². The highest BCUT2D eigenvalue weighted by atomic mass is 79.9. The van der Waals surface area contributed by atoms with E-state index in [1.54, 1.807) is 23.0 Å². The molecule has 1 atom stereocenters. The monoisotopic (exact) mass is 448 g/mol. The molecule has 0 fully saturated rings. The molecule has 4 rings (SSSR count). The number of halogens is 2. The molecule has 3 aromatic rings. The van der Waals surface area contributed by atoms with Gasteiger partial charge in [0.25, 0.3) is 5.91 Å². The lowest BCUT2D eigenvalue weighted by atomic mass is 9.93. The van der Waals surface area contributed by atoms with Crippen LogP contribution in [0.2, 0.25) is 0 Å². The molecule has 1 aliphatic heterocycles. The van der Waals surface area contributed by atoms with Gasteiger partial charge in [0.1, 0.15) is 0 Å². The van der Waals surface area contributed by atoms with Gasteiger partial charge in [-0.3, -0.25) is 4.79 Å². The summed E-state index contributed by atoms with van der Waals surface area (Å²) in [7, 11) is 0. The molecule has 7 heteroatoms. The van der Waals surface area contributed by atoms with Crippen LogP contribution in [-0.4, -0.2) is 31.9 Å². The van der Waals surface area contributed by atoms with E-state index < -0.39 is 0 Å². The summed E-state index contributed by atoms with van der Waals surface area (Å²) in [6, 6.07) is 8.03. The van der Waals surface area contributed by atoms with E-state index in [2.05, 4.69) is 67.1 Å². The van der Waals surface area contributed by atoms with Gasteiger partial charge in [0.15, 0.2) is 11.3 Å². The molecule has 1 amide bonds. The Balaban J connectivity index is 1.68. The number of hydrogen-bond acceptors (Lipinski definition) is 3. The van der Waals surface area contributed by atoms with Crippen LogP contribution in [0, 0.1) is 0 Å². The van der Waals surface area contributed by atoms with Crippen molar-refractivity contribution >= 4 is 43.4 Å². The summed E-state index contributed by atoms with van der Waals surface area (Å²) in [6.45, 7) is 2.76. The maximum Gasteiger partial charge on any atom is 0.274 e. The zero-order valence-corrected chi connectivity index (χ0v) is 16.1. The third-order valence-electron chi connectivity index (χ3n) is 4.41. The van der Waals surface area contributed by atoms with Crippen molar-refractivity contribution in [1.29, 1.82) is 0 Å². The highest BCUT2D eigenvalue weighted by Crippen LogP contribution is 2.32. The van der Waals surface area contributed by atoms with Gasteiger partial charge >= 0.3 is 0 Å². The molecule has 0 radical (unpaired) electrons. The van der Waals surface area contributed by atoms with E-state index in [4.69, 9.17) is 0 Å². The second kappa shape index (κ2) is 5.97. The molecule has 0 aliphatic carbocycles. The summed E-state index contributed by atoms with van der Waals surface area (Å²) < 4.78 is 3.47. The van der Waals surface area contributed by atoms with Gasteiger partial charge in [0.2, 0.25) is 0 Å². The first-order chi connectivity index (χ1) is 11.5. The fourth-order valence-corrected chi connectivity index (χ4v) is 3.84. The largest absolute Gasteiger partial charge is 0.330 e. The lowest BCUT2D eigenvalue weighted by Gasteiger charge is -2.35. The average Bonchev–Trinajstić information content (AvgIpc) is 2.98. The van der Waals surface area contributed by atoms with Gasteiger partial charge in [-0.25, -0.2) is 9.50 Å². The highest BCUT2D eigenvalue weighted by molar-refractivity contribution is 9.10. The fourth-order valence-electron chi connectivity index (χ4n) is 3.17. The summed E-state index contributed by atoms with van der Waals surface area (Å²) >= 11 is 6.88. The van der Waals surface area contributed by atoms with Gasteiger partial charge in [0, 0.05) is 29.5 Å². The Hall–Kier alpha value is -1.73. The van der Waals surface area contributed by atoms with Crippen LogP contribution in [0.5, 0.6) is 0 Å². The number of hydrogen-bond donors (Lipinski definition) is 0. The summed E-state index contributed by atoms with van der Waals surface area (Å²) in [5.74, 6) is -0.0604. The van der Waals surface area contributed by atoms with Gasteiger partial charge in [0.05, 0.1) is 10.5 Å². The Kier molecular flexibility index (Phi) is 3.92. The highest BCUT2D eigenvalue weighted by Gasteiger charge is 2.29. The van der Waals surface area contributed by atoms with Crippen molar-refractivity contribution in [3.05, 3.63) is 62.4 Å². The molecule has 0 saturated heterocycles.